The SMILES string of the molecule is CCCCOc1nc(NC(=O)CNC(=O)COCCOCC(C)(CC)CC)c2cnn(Cc3ccc(CN4CCCC4)cc3)c2n1. The molecular weight excluding hydrogens is 586 g/mol. The summed E-state index contributed by atoms with van der Waals surface area (Å²) in [5, 5.41) is 10.5. The van der Waals surface area contributed by atoms with Crippen molar-refractivity contribution >= 4 is 28.7 Å². The molecule has 1 fully saturated rings. The van der Waals surface area contributed by atoms with Crippen LogP contribution in [-0.4, -0.2) is 89.1 Å². The number of aromatic nitrogens is 4. The van der Waals surface area contributed by atoms with Crippen molar-refractivity contribution in [1.29, 1.82) is 0 Å². The van der Waals surface area contributed by atoms with E-state index in [0.29, 0.717) is 44.0 Å². The second kappa shape index (κ2) is 17.9. The molecule has 1 aromatic carbocycles. The summed E-state index contributed by atoms with van der Waals surface area (Å²) in [5.41, 5.74) is 3.09. The van der Waals surface area contributed by atoms with Gasteiger partial charge in [-0.3, -0.25) is 14.5 Å². The molecule has 0 atom stereocenters. The standard InChI is InChI=1S/C34H51N7O5/c1-5-8-17-46-33-38-31(37-29(42)21-35-30(43)24-44-18-19-45-25-34(4,6-2)7-3)28-20-36-41(32(28)39-33)23-27-13-11-26(12-14-27)22-40-15-9-10-16-40/h11-14,20H,5-10,15-19,21-25H2,1-4H3,(H,35,43)(H,37,38,39,42). The van der Waals surface area contributed by atoms with Crippen LogP contribution in [0.4, 0.5) is 5.82 Å². The summed E-state index contributed by atoms with van der Waals surface area (Å²) in [5.74, 6) is -0.545. The second-order valence-corrected chi connectivity index (χ2v) is 12.3. The molecule has 0 bridgehead atoms. The van der Waals surface area contributed by atoms with Gasteiger partial charge in [-0.15, -0.1) is 0 Å². The van der Waals surface area contributed by atoms with E-state index in [1.54, 1.807) is 10.9 Å². The van der Waals surface area contributed by atoms with E-state index in [9.17, 15) is 9.59 Å². The smallest absolute Gasteiger partial charge is 0.320 e. The average Bonchev–Trinajstić information content (AvgIpc) is 3.73. The number of likely N-dealkylation sites (tertiary alicyclic amines) is 1. The molecule has 2 aromatic heterocycles. The number of fused-ring (bicyclic) bond motifs is 1. The van der Waals surface area contributed by atoms with Gasteiger partial charge in [-0.2, -0.15) is 15.1 Å². The molecule has 1 aliphatic heterocycles. The van der Waals surface area contributed by atoms with E-state index >= 15 is 0 Å². The number of hydrogen-bond donors (Lipinski definition) is 2. The molecule has 12 nitrogen and oxygen atoms in total. The lowest BCUT2D eigenvalue weighted by Crippen LogP contribution is -2.35. The highest BCUT2D eigenvalue weighted by molar-refractivity contribution is 6.00. The maximum absolute atomic E-state index is 12.8. The van der Waals surface area contributed by atoms with Gasteiger partial charge < -0.3 is 24.8 Å². The Morgan fingerprint density at radius 3 is 2.30 bits per heavy atom. The fourth-order valence-corrected chi connectivity index (χ4v) is 5.10. The first kappa shape index (κ1) is 35.2. The zero-order valence-electron chi connectivity index (χ0n) is 28.0. The molecule has 3 aromatic rings. The Hall–Kier alpha value is -3.61. The molecule has 46 heavy (non-hydrogen) atoms. The van der Waals surface area contributed by atoms with Crippen LogP contribution >= 0.6 is 0 Å². The fourth-order valence-electron chi connectivity index (χ4n) is 5.10. The number of benzene rings is 1. The van der Waals surface area contributed by atoms with Crippen LogP contribution in [-0.2, 0) is 32.2 Å². The predicted molar refractivity (Wildman–Crippen MR) is 178 cm³/mol. The summed E-state index contributed by atoms with van der Waals surface area (Å²) in [7, 11) is 0. The van der Waals surface area contributed by atoms with Crippen LogP contribution in [0.15, 0.2) is 30.5 Å². The van der Waals surface area contributed by atoms with Crippen molar-refractivity contribution in [3.05, 3.63) is 41.6 Å². The zero-order valence-corrected chi connectivity index (χ0v) is 28.0. The van der Waals surface area contributed by atoms with Crippen molar-refractivity contribution in [1.82, 2.24) is 30.0 Å². The Morgan fingerprint density at radius 2 is 1.61 bits per heavy atom. The van der Waals surface area contributed by atoms with Crippen molar-refractivity contribution < 1.29 is 23.8 Å². The Labute approximate surface area is 272 Å². The lowest BCUT2D eigenvalue weighted by Gasteiger charge is -2.26. The van der Waals surface area contributed by atoms with Crippen molar-refractivity contribution in [2.45, 2.75) is 79.3 Å². The molecule has 1 saturated heterocycles. The number of nitrogens with one attached hydrogen (secondary N) is 2. The molecule has 0 unspecified atom stereocenters. The number of carbonyl (C=O) groups is 2. The highest BCUT2D eigenvalue weighted by Crippen LogP contribution is 2.26. The quantitative estimate of drug-likeness (QED) is 0.171. The molecule has 0 radical (unpaired) electrons. The summed E-state index contributed by atoms with van der Waals surface area (Å²) in [6, 6.07) is 8.74. The van der Waals surface area contributed by atoms with Crippen molar-refractivity contribution in [2.75, 3.05) is 58.0 Å². The van der Waals surface area contributed by atoms with E-state index in [1.807, 2.05) is 0 Å². The average molecular weight is 638 g/mol. The summed E-state index contributed by atoms with van der Waals surface area (Å²) in [4.78, 5) is 36.7. The first-order valence-corrected chi connectivity index (χ1v) is 16.7. The topological polar surface area (TPSA) is 133 Å². The number of hydrogen-bond acceptors (Lipinski definition) is 9. The van der Waals surface area contributed by atoms with Crippen LogP contribution in [0, 0.1) is 5.41 Å². The highest BCUT2D eigenvalue weighted by Gasteiger charge is 2.20. The molecular formula is C34H51N7O5. The summed E-state index contributed by atoms with van der Waals surface area (Å²) in [6.07, 6.45) is 8.08. The third-order valence-electron chi connectivity index (χ3n) is 8.63. The van der Waals surface area contributed by atoms with Crippen LogP contribution < -0.4 is 15.4 Å². The number of nitrogens with zero attached hydrogens (tertiary/aromatic N) is 5. The van der Waals surface area contributed by atoms with Gasteiger partial charge in [0.1, 0.15) is 6.61 Å². The van der Waals surface area contributed by atoms with Crippen LogP contribution in [0.25, 0.3) is 11.0 Å². The number of amides is 2. The van der Waals surface area contributed by atoms with Gasteiger partial charge in [0.05, 0.1) is 51.1 Å². The van der Waals surface area contributed by atoms with Crippen LogP contribution in [0.2, 0.25) is 0 Å². The van der Waals surface area contributed by atoms with Crippen molar-refractivity contribution in [2.24, 2.45) is 5.41 Å². The molecule has 0 aliphatic carbocycles. The number of unbranched alkanes of at least 4 members (excludes halogenated alkanes) is 1. The van der Waals surface area contributed by atoms with Crippen LogP contribution in [0.5, 0.6) is 6.01 Å². The fraction of sp³-hybridized carbons (Fsp3) is 0.618. The van der Waals surface area contributed by atoms with Crippen molar-refractivity contribution in [3.8, 4) is 6.01 Å². The Bertz CT molecular complexity index is 1380. The zero-order chi connectivity index (χ0) is 32.8. The minimum absolute atomic E-state index is 0.153. The van der Waals surface area contributed by atoms with E-state index in [2.05, 4.69) is 82.6 Å². The van der Waals surface area contributed by atoms with E-state index in [4.69, 9.17) is 14.2 Å². The molecule has 252 valence electrons. The summed E-state index contributed by atoms with van der Waals surface area (Å²) < 4.78 is 18.7. The highest BCUT2D eigenvalue weighted by atomic mass is 16.5. The van der Waals surface area contributed by atoms with Gasteiger partial charge in [0.15, 0.2) is 11.5 Å². The Kier molecular flexibility index (Phi) is 13.7. The van der Waals surface area contributed by atoms with E-state index in [1.165, 1.54) is 18.4 Å². The van der Waals surface area contributed by atoms with Gasteiger partial charge in [-0.25, -0.2) is 4.68 Å². The summed E-state index contributed by atoms with van der Waals surface area (Å²) in [6.45, 7) is 13.8. The van der Waals surface area contributed by atoms with E-state index in [-0.39, 0.29) is 30.4 Å². The molecule has 4 rings (SSSR count). The molecule has 3 heterocycles. The lowest BCUT2D eigenvalue weighted by molar-refractivity contribution is -0.128. The lowest BCUT2D eigenvalue weighted by atomic mass is 9.86. The second-order valence-electron chi connectivity index (χ2n) is 12.3. The molecule has 0 spiro atoms. The normalized spacial score (nSPS) is 13.7. The molecule has 1 aliphatic rings. The van der Waals surface area contributed by atoms with Gasteiger partial charge in [-0.05, 0) is 61.7 Å². The minimum Gasteiger partial charge on any atom is -0.463 e. The molecule has 2 N–H and O–H groups in total. The van der Waals surface area contributed by atoms with Gasteiger partial charge >= 0.3 is 6.01 Å². The first-order chi connectivity index (χ1) is 22.3. The Morgan fingerprint density at radius 1 is 0.913 bits per heavy atom. The minimum atomic E-state index is -0.434. The maximum atomic E-state index is 12.8. The molecule has 2 amide bonds. The molecule has 0 saturated carbocycles. The number of anilines is 1. The van der Waals surface area contributed by atoms with Gasteiger partial charge in [0, 0.05) is 6.54 Å². The third kappa shape index (κ3) is 10.7. The number of carbonyl (C=O) groups excluding carboxylic acids is 2. The number of ether oxygens (including phenoxy) is 3. The summed E-state index contributed by atoms with van der Waals surface area (Å²) >= 11 is 0. The predicted octanol–water partition coefficient (Wildman–Crippen LogP) is 4.56. The monoisotopic (exact) mass is 637 g/mol. The third-order valence-corrected chi connectivity index (χ3v) is 8.63. The Balaban J connectivity index is 1.32. The van der Waals surface area contributed by atoms with Gasteiger partial charge in [-0.1, -0.05) is 58.4 Å². The van der Waals surface area contributed by atoms with Crippen molar-refractivity contribution in [3.63, 3.8) is 0 Å². The first-order valence-electron chi connectivity index (χ1n) is 16.7. The largest absolute Gasteiger partial charge is 0.463 e. The van der Waals surface area contributed by atoms with Crippen LogP contribution in [0.3, 0.4) is 0 Å². The molecule has 12 heteroatoms. The van der Waals surface area contributed by atoms with Crippen LogP contribution in [0.1, 0.15) is 77.3 Å². The maximum Gasteiger partial charge on any atom is 0.320 e. The van der Waals surface area contributed by atoms with Gasteiger partial charge in [0.2, 0.25) is 11.8 Å². The van der Waals surface area contributed by atoms with E-state index in [0.717, 1.165) is 50.9 Å². The van der Waals surface area contributed by atoms with Gasteiger partial charge in [0.25, 0.3) is 0 Å². The number of rotatable bonds is 20. The van der Waals surface area contributed by atoms with E-state index < -0.39 is 11.8 Å².